The molecule has 0 bridgehead atoms. The number of anilines is 1. The van der Waals surface area contributed by atoms with Crippen LogP contribution in [-0.4, -0.2) is 50.3 Å². The molecule has 1 aromatic carbocycles. The van der Waals surface area contributed by atoms with E-state index in [1.165, 1.54) is 11.3 Å². The molecule has 0 spiro atoms. The van der Waals surface area contributed by atoms with Gasteiger partial charge in [-0.1, -0.05) is 26.0 Å². The number of rotatable bonds is 8. The molecule has 108 valence electrons. The summed E-state index contributed by atoms with van der Waals surface area (Å²) in [6, 6.07) is 8.71. The highest BCUT2D eigenvalue weighted by Crippen LogP contribution is 2.13. The van der Waals surface area contributed by atoms with Gasteiger partial charge in [-0.15, -0.1) is 0 Å². The van der Waals surface area contributed by atoms with Crippen molar-refractivity contribution >= 4 is 5.69 Å². The van der Waals surface area contributed by atoms with E-state index in [0.29, 0.717) is 5.92 Å². The van der Waals surface area contributed by atoms with Crippen LogP contribution in [-0.2, 0) is 6.42 Å². The lowest BCUT2D eigenvalue weighted by Crippen LogP contribution is -2.32. The quantitative estimate of drug-likeness (QED) is 0.780. The smallest absolute Gasteiger partial charge is 0.0558 e. The summed E-state index contributed by atoms with van der Waals surface area (Å²) in [5.74, 6) is 0.641. The van der Waals surface area contributed by atoms with Crippen LogP contribution in [0.4, 0.5) is 5.69 Å². The largest absolute Gasteiger partial charge is 0.395 e. The maximum atomic E-state index is 9.10. The molecule has 1 aromatic rings. The van der Waals surface area contributed by atoms with Gasteiger partial charge in [-0.2, -0.15) is 0 Å². The molecule has 0 aliphatic rings. The molecule has 0 atom stereocenters. The third-order valence-electron chi connectivity index (χ3n) is 3.21. The van der Waals surface area contributed by atoms with Crippen LogP contribution in [0.1, 0.15) is 19.4 Å². The number of aliphatic hydroxyl groups is 1. The minimum Gasteiger partial charge on any atom is -0.395 e. The molecule has 1 N–H and O–H groups in total. The molecule has 0 aliphatic heterocycles. The van der Waals surface area contributed by atoms with Gasteiger partial charge in [-0.05, 0) is 30.0 Å². The third-order valence-corrected chi connectivity index (χ3v) is 3.21. The van der Waals surface area contributed by atoms with E-state index in [1.54, 1.807) is 0 Å². The fourth-order valence-electron chi connectivity index (χ4n) is 2.20. The Morgan fingerprint density at radius 1 is 1.05 bits per heavy atom. The first-order valence-electron chi connectivity index (χ1n) is 7.12. The van der Waals surface area contributed by atoms with Gasteiger partial charge in [-0.3, -0.25) is 0 Å². The van der Waals surface area contributed by atoms with Gasteiger partial charge in [0.2, 0.25) is 0 Å². The Bertz CT molecular complexity index is 346. The van der Waals surface area contributed by atoms with E-state index in [4.69, 9.17) is 5.11 Å². The van der Waals surface area contributed by atoms with Crippen molar-refractivity contribution < 1.29 is 5.11 Å². The van der Waals surface area contributed by atoms with E-state index in [2.05, 4.69) is 62.0 Å². The van der Waals surface area contributed by atoms with Gasteiger partial charge in [0.1, 0.15) is 0 Å². The second-order valence-corrected chi connectivity index (χ2v) is 5.73. The zero-order valence-corrected chi connectivity index (χ0v) is 12.8. The number of hydrogen-bond donors (Lipinski definition) is 1. The van der Waals surface area contributed by atoms with Crippen LogP contribution in [0.15, 0.2) is 24.3 Å². The molecule has 0 radical (unpaired) electrons. The molecular weight excluding hydrogens is 236 g/mol. The molecule has 19 heavy (non-hydrogen) atoms. The lowest BCUT2D eigenvalue weighted by molar-refractivity contribution is 0.183. The molecule has 0 fully saturated rings. The molecule has 0 saturated carbocycles. The van der Waals surface area contributed by atoms with Crippen LogP contribution < -0.4 is 4.90 Å². The molecule has 0 aliphatic carbocycles. The summed E-state index contributed by atoms with van der Waals surface area (Å²) in [6.07, 6.45) is 1.04. The van der Waals surface area contributed by atoms with E-state index in [9.17, 15) is 0 Å². The number of nitrogens with zero attached hydrogens (tertiary/aromatic N) is 2. The molecule has 3 heteroatoms. The minimum atomic E-state index is 0.242. The number of benzene rings is 1. The van der Waals surface area contributed by atoms with Crippen molar-refractivity contribution in [2.24, 2.45) is 5.92 Å². The molecule has 1 rings (SSSR count). The monoisotopic (exact) mass is 264 g/mol. The zero-order chi connectivity index (χ0) is 14.3. The van der Waals surface area contributed by atoms with Crippen LogP contribution in [0.25, 0.3) is 0 Å². The van der Waals surface area contributed by atoms with Gasteiger partial charge < -0.3 is 14.9 Å². The summed E-state index contributed by atoms with van der Waals surface area (Å²) in [5.41, 5.74) is 2.59. The van der Waals surface area contributed by atoms with Crippen molar-refractivity contribution in [1.82, 2.24) is 4.90 Å². The van der Waals surface area contributed by atoms with E-state index >= 15 is 0 Å². The highest BCUT2D eigenvalue weighted by atomic mass is 16.3. The summed E-state index contributed by atoms with van der Waals surface area (Å²) in [4.78, 5) is 4.45. The van der Waals surface area contributed by atoms with Gasteiger partial charge in [0.05, 0.1) is 6.61 Å². The number of hydrogen-bond acceptors (Lipinski definition) is 3. The Hall–Kier alpha value is -1.06. The second-order valence-electron chi connectivity index (χ2n) is 5.73. The zero-order valence-electron chi connectivity index (χ0n) is 12.8. The van der Waals surface area contributed by atoms with Gasteiger partial charge in [0.25, 0.3) is 0 Å². The van der Waals surface area contributed by atoms with Crippen LogP contribution in [0.3, 0.4) is 0 Å². The van der Waals surface area contributed by atoms with E-state index in [0.717, 1.165) is 26.1 Å². The van der Waals surface area contributed by atoms with E-state index in [-0.39, 0.29) is 6.61 Å². The van der Waals surface area contributed by atoms with Crippen LogP contribution in [0.2, 0.25) is 0 Å². The lowest BCUT2D eigenvalue weighted by Gasteiger charge is -2.23. The van der Waals surface area contributed by atoms with Gasteiger partial charge in [-0.25, -0.2) is 0 Å². The Balaban J connectivity index is 2.49. The predicted octanol–water partition coefficient (Wildman–Crippen LogP) is 2.25. The molecular formula is C16H28N2O. The summed E-state index contributed by atoms with van der Waals surface area (Å²) in [6.45, 7) is 7.52. The molecule has 0 saturated heterocycles. The summed E-state index contributed by atoms with van der Waals surface area (Å²) in [7, 11) is 4.11. The normalized spacial score (nSPS) is 11.3. The summed E-state index contributed by atoms with van der Waals surface area (Å²) >= 11 is 0. The first kappa shape index (κ1) is 16.0. The van der Waals surface area contributed by atoms with Crippen LogP contribution >= 0.6 is 0 Å². The highest BCUT2D eigenvalue weighted by Gasteiger charge is 2.07. The Kier molecular flexibility index (Phi) is 6.89. The van der Waals surface area contributed by atoms with Crippen molar-refractivity contribution in [3.05, 3.63) is 29.8 Å². The van der Waals surface area contributed by atoms with Gasteiger partial charge in [0, 0.05) is 39.4 Å². The van der Waals surface area contributed by atoms with Crippen molar-refractivity contribution in [2.45, 2.75) is 20.3 Å². The Morgan fingerprint density at radius 3 is 2.16 bits per heavy atom. The molecule has 0 amide bonds. The van der Waals surface area contributed by atoms with Crippen LogP contribution in [0, 0.1) is 5.92 Å². The standard InChI is InChI=1S/C16H28N2O/c1-14(2)13-18(11-12-19)10-9-15-5-7-16(8-6-15)17(3)4/h5-8,14,19H,9-13H2,1-4H3. The maximum absolute atomic E-state index is 9.10. The van der Waals surface area contributed by atoms with Crippen molar-refractivity contribution in [2.75, 3.05) is 45.2 Å². The molecule has 0 aromatic heterocycles. The molecule has 0 heterocycles. The fourth-order valence-corrected chi connectivity index (χ4v) is 2.20. The number of aliphatic hydroxyl groups excluding tert-OH is 1. The molecule has 0 unspecified atom stereocenters. The SMILES string of the molecule is CC(C)CN(CCO)CCc1ccc(N(C)C)cc1. The van der Waals surface area contributed by atoms with Crippen LogP contribution in [0.5, 0.6) is 0 Å². The first-order chi connectivity index (χ1) is 9.02. The van der Waals surface area contributed by atoms with Gasteiger partial charge >= 0.3 is 0 Å². The highest BCUT2D eigenvalue weighted by molar-refractivity contribution is 5.46. The summed E-state index contributed by atoms with van der Waals surface area (Å²) in [5, 5.41) is 9.10. The minimum absolute atomic E-state index is 0.242. The third kappa shape index (κ3) is 6.08. The van der Waals surface area contributed by atoms with Crippen molar-refractivity contribution in [3.63, 3.8) is 0 Å². The summed E-state index contributed by atoms with van der Waals surface area (Å²) < 4.78 is 0. The molecule has 3 nitrogen and oxygen atoms in total. The first-order valence-corrected chi connectivity index (χ1v) is 7.12. The topological polar surface area (TPSA) is 26.7 Å². The maximum Gasteiger partial charge on any atom is 0.0558 e. The van der Waals surface area contributed by atoms with E-state index in [1.807, 2.05) is 0 Å². The Morgan fingerprint density at radius 2 is 1.68 bits per heavy atom. The van der Waals surface area contributed by atoms with E-state index < -0.39 is 0 Å². The lowest BCUT2D eigenvalue weighted by atomic mass is 10.1. The average Bonchev–Trinajstić information content (AvgIpc) is 2.36. The van der Waals surface area contributed by atoms with Gasteiger partial charge in [0.15, 0.2) is 0 Å². The fraction of sp³-hybridized carbons (Fsp3) is 0.625. The average molecular weight is 264 g/mol. The van der Waals surface area contributed by atoms with Crippen molar-refractivity contribution in [3.8, 4) is 0 Å². The second kappa shape index (κ2) is 8.18. The van der Waals surface area contributed by atoms with Crippen molar-refractivity contribution in [1.29, 1.82) is 0 Å². The Labute approximate surface area is 117 Å². The predicted molar refractivity (Wildman–Crippen MR) is 82.8 cm³/mol.